The quantitative estimate of drug-likeness (QED) is 0.105. The molecule has 0 amide bonds. The van der Waals surface area contributed by atoms with Crippen LogP contribution in [0.3, 0.4) is 0 Å². The van der Waals surface area contributed by atoms with Crippen LogP contribution < -0.4 is 10.6 Å². The van der Waals surface area contributed by atoms with Crippen LogP contribution in [0.2, 0.25) is 0 Å². The van der Waals surface area contributed by atoms with E-state index in [1.807, 2.05) is 0 Å². The van der Waals surface area contributed by atoms with Gasteiger partial charge >= 0.3 is 0 Å². The van der Waals surface area contributed by atoms with Crippen LogP contribution in [0.1, 0.15) is 203 Å². The standard InChI is InChI=1S/C52H74N4/c1-31(2)39-21-17-22-40(32(3)4)49(39)53-29-47(55-51-43(35(9)10)25-19-26-44(51)36(11)12)48(56-52-45(37(13)14)27-20-28-46(52)38(15)16)30-54-50-41(33(5)6)23-18-24-42(50)34(7)8/h17-38,47-48,55-56H,1-16H3. The van der Waals surface area contributed by atoms with Crippen LogP contribution in [0.25, 0.3) is 0 Å². The molecule has 0 spiro atoms. The molecule has 4 heteroatoms. The molecular weight excluding hydrogens is 681 g/mol. The lowest BCUT2D eigenvalue weighted by Crippen LogP contribution is -2.43. The second kappa shape index (κ2) is 19.8. The fourth-order valence-electron chi connectivity index (χ4n) is 7.84. The lowest BCUT2D eigenvalue weighted by molar-refractivity contribution is 0.801. The first-order valence-electron chi connectivity index (χ1n) is 21.6. The van der Waals surface area contributed by atoms with Crippen LogP contribution in [0.15, 0.2) is 82.8 Å². The molecule has 0 bridgehead atoms. The van der Waals surface area contributed by atoms with Crippen LogP contribution in [0.4, 0.5) is 22.7 Å². The van der Waals surface area contributed by atoms with E-state index in [1.54, 1.807) is 0 Å². The molecule has 0 aromatic heterocycles. The van der Waals surface area contributed by atoms with E-state index in [1.165, 1.54) is 55.9 Å². The minimum Gasteiger partial charge on any atom is -0.374 e. The average molecular weight is 755 g/mol. The van der Waals surface area contributed by atoms with E-state index >= 15 is 0 Å². The Morgan fingerprint density at radius 2 is 0.518 bits per heavy atom. The molecule has 2 N–H and O–H groups in total. The molecule has 0 heterocycles. The Morgan fingerprint density at radius 3 is 0.714 bits per heavy atom. The highest BCUT2D eigenvalue weighted by Gasteiger charge is 2.27. The molecule has 0 fully saturated rings. The molecule has 0 saturated heterocycles. The summed E-state index contributed by atoms with van der Waals surface area (Å²) in [5, 5.41) is 8.34. The van der Waals surface area contributed by atoms with E-state index in [4.69, 9.17) is 9.98 Å². The molecule has 4 aromatic rings. The van der Waals surface area contributed by atoms with E-state index < -0.39 is 0 Å². The minimum atomic E-state index is -0.259. The van der Waals surface area contributed by atoms with E-state index in [2.05, 4.69) is 207 Å². The second-order valence-electron chi connectivity index (χ2n) is 18.3. The Hall–Kier alpha value is -4.18. The first kappa shape index (κ1) is 44.5. The Kier molecular flexibility index (Phi) is 15.7. The van der Waals surface area contributed by atoms with Gasteiger partial charge in [-0.05, 0) is 91.9 Å². The van der Waals surface area contributed by atoms with Gasteiger partial charge in [0.1, 0.15) is 0 Å². The van der Waals surface area contributed by atoms with Crippen molar-refractivity contribution in [3.8, 4) is 0 Å². The molecule has 0 radical (unpaired) electrons. The summed E-state index contributed by atoms with van der Waals surface area (Å²) < 4.78 is 0. The number of nitrogens with one attached hydrogen (secondary N) is 2. The van der Waals surface area contributed by atoms with Crippen LogP contribution in [-0.2, 0) is 0 Å². The zero-order chi connectivity index (χ0) is 41.4. The molecule has 4 rings (SSSR count). The summed E-state index contributed by atoms with van der Waals surface area (Å²) in [6.45, 7) is 36.5. The van der Waals surface area contributed by atoms with Gasteiger partial charge in [-0.15, -0.1) is 0 Å². The van der Waals surface area contributed by atoms with Crippen molar-refractivity contribution in [2.24, 2.45) is 9.98 Å². The van der Waals surface area contributed by atoms with E-state index in [0.29, 0.717) is 47.3 Å². The fraction of sp³-hybridized carbons (Fsp3) is 0.500. The minimum absolute atomic E-state index is 0.259. The van der Waals surface area contributed by atoms with Gasteiger partial charge in [-0.1, -0.05) is 184 Å². The van der Waals surface area contributed by atoms with Gasteiger partial charge in [0.05, 0.1) is 23.5 Å². The number of rotatable bonds is 17. The third-order valence-electron chi connectivity index (χ3n) is 11.2. The summed E-state index contributed by atoms with van der Waals surface area (Å²) in [4.78, 5) is 11.1. The van der Waals surface area contributed by atoms with Crippen molar-refractivity contribution in [2.75, 3.05) is 10.6 Å². The number of benzene rings is 4. The van der Waals surface area contributed by atoms with Gasteiger partial charge in [0.15, 0.2) is 0 Å². The van der Waals surface area contributed by atoms with Gasteiger partial charge < -0.3 is 10.6 Å². The highest BCUT2D eigenvalue weighted by atomic mass is 15.1. The summed E-state index contributed by atoms with van der Waals surface area (Å²) in [5.74, 6) is 2.70. The molecule has 0 aliphatic carbocycles. The smallest absolute Gasteiger partial charge is 0.0869 e. The van der Waals surface area contributed by atoms with Crippen molar-refractivity contribution in [1.82, 2.24) is 0 Å². The predicted octanol–water partition coefficient (Wildman–Crippen LogP) is 15.7. The number of anilines is 2. The molecule has 0 saturated carbocycles. The molecule has 302 valence electrons. The molecule has 2 atom stereocenters. The van der Waals surface area contributed by atoms with Crippen LogP contribution in [0, 0.1) is 0 Å². The predicted molar refractivity (Wildman–Crippen MR) is 250 cm³/mol. The van der Waals surface area contributed by atoms with E-state index in [0.717, 1.165) is 11.4 Å². The summed E-state index contributed by atoms with van der Waals surface area (Å²) >= 11 is 0. The van der Waals surface area contributed by atoms with E-state index in [9.17, 15) is 0 Å². The number of hydrogen-bond acceptors (Lipinski definition) is 4. The number of hydrogen-bond donors (Lipinski definition) is 2. The summed E-state index contributed by atoms with van der Waals surface area (Å²) in [6.07, 6.45) is 4.37. The van der Waals surface area contributed by atoms with Gasteiger partial charge in [0.25, 0.3) is 0 Å². The molecular formula is C52H74N4. The summed E-state index contributed by atoms with van der Waals surface area (Å²) in [5.41, 5.74) is 14.9. The average Bonchev–Trinajstić information content (AvgIpc) is 3.13. The highest BCUT2D eigenvalue weighted by Crippen LogP contribution is 2.39. The van der Waals surface area contributed by atoms with Gasteiger partial charge in [-0.25, -0.2) is 0 Å². The molecule has 0 aliphatic heterocycles. The van der Waals surface area contributed by atoms with E-state index in [-0.39, 0.29) is 12.1 Å². The van der Waals surface area contributed by atoms with Crippen molar-refractivity contribution in [3.05, 3.63) is 117 Å². The fourth-order valence-corrected chi connectivity index (χ4v) is 7.84. The topological polar surface area (TPSA) is 48.8 Å². The Labute approximate surface area is 342 Å². The lowest BCUT2D eigenvalue weighted by Gasteiger charge is -2.31. The van der Waals surface area contributed by atoms with Gasteiger partial charge in [-0.3, -0.25) is 9.98 Å². The second-order valence-corrected chi connectivity index (χ2v) is 18.3. The van der Waals surface area contributed by atoms with Crippen LogP contribution in [-0.4, -0.2) is 24.5 Å². The third kappa shape index (κ3) is 10.6. The maximum absolute atomic E-state index is 5.53. The van der Waals surface area contributed by atoms with Gasteiger partial charge in [0, 0.05) is 23.8 Å². The van der Waals surface area contributed by atoms with Crippen molar-refractivity contribution < 1.29 is 0 Å². The van der Waals surface area contributed by atoms with Crippen molar-refractivity contribution in [2.45, 2.75) is 170 Å². The molecule has 2 unspecified atom stereocenters. The monoisotopic (exact) mass is 755 g/mol. The van der Waals surface area contributed by atoms with Gasteiger partial charge in [-0.2, -0.15) is 0 Å². The number of aliphatic imine (C=N–C) groups is 2. The largest absolute Gasteiger partial charge is 0.374 e. The Bertz CT molecular complexity index is 1690. The van der Waals surface area contributed by atoms with Crippen LogP contribution >= 0.6 is 0 Å². The Morgan fingerprint density at radius 1 is 0.321 bits per heavy atom. The SMILES string of the molecule is CC(C)c1cccc(C(C)C)c1N=CC(Nc1c(C(C)C)cccc1C(C)C)C(C=Nc1c(C(C)C)cccc1C(C)C)Nc1c(C(C)C)cccc1C(C)C. The van der Waals surface area contributed by atoms with Crippen LogP contribution in [0.5, 0.6) is 0 Å². The van der Waals surface area contributed by atoms with Crippen molar-refractivity contribution in [3.63, 3.8) is 0 Å². The Balaban J connectivity index is 2.11. The molecule has 0 aliphatic rings. The molecule has 56 heavy (non-hydrogen) atoms. The first-order valence-corrected chi connectivity index (χ1v) is 21.6. The zero-order valence-electron chi connectivity index (χ0n) is 37.8. The van der Waals surface area contributed by atoms with Crippen molar-refractivity contribution >= 4 is 35.2 Å². The maximum Gasteiger partial charge on any atom is 0.0869 e. The zero-order valence-corrected chi connectivity index (χ0v) is 37.8. The lowest BCUT2D eigenvalue weighted by atomic mass is 9.90. The summed E-state index contributed by atoms with van der Waals surface area (Å²) in [6, 6.07) is 26.4. The highest BCUT2D eigenvalue weighted by molar-refractivity contribution is 5.87. The molecule has 4 aromatic carbocycles. The number of nitrogens with zero attached hydrogens (tertiary/aromatic N) is 2. The normalized spacial score (nSPS) is 13.6. The first-order chi connectivity index (χ1) is 26.4. The van der Waals surface area contributed by atoms with Crippen molar-refractivity contribution in [1.29, 1.82) is 0 Å². The van der Waals surface area contributed by atoms with Gasteiger partial charge in [0.2, 0.25) is 0 Å². The molecule has 4 nitrogen and oxygen atoms in total. The third-order valence-corrected chi connectivity index (χ3v) is 11.2. The summed E-state index contributed by atoms with van der Waals surface area (Å²) in [7, 11) is 0. The maximum atomic E-state index is 5.53. The number of para-hydroxylation sites is 4.